The second-order valence-electron chi connectivity index (χ2n) is 8.97. The molecule has 2 heterocycles. The van der Waals surface area contributed by atoms with Crippen molar-refractivity contribution in [3.8, 4) is 11.5 Å². The summed E-state index contributed by atoms with van der Waals surface area (Å²) in [6.07, 6.45) is 5.22. The third kappa shape index (κ3) is 6.60. The topological polar surface area (TPSA) is 83.5 Å². The average molecular weight is 479 g/mol. The minimum absolute atomic E-state index is 0.00989. The number of nitrogens with one attached hydrogen (secondary N) is 1. The molecule has 0 spiro atoms. The van der Waals surface area contributed by atoms with Crippen molar-refractivity contribution in [2.75, 3.05) is 39.2 Å². The van der Waals surface area contributed by atoms with Gasteiger partial charge in [0.25, 0.3) is 0 Å². The van der Waals surface area contributed by atoms with Crippen LogP contribution in [-0.4, -0.2) is 61.3 Å². The highest BCUT2D eigenvalue weighted by Gasteiger charge is 2.22. The normalized spacial score (nSPS) is 16.6. The van der Waals surface area contributed by atoms with Gasteiger partial charge in [0.15, 0.2) is 11.5 Å². The number of anilines is 1. The summed E-state index contributed by atoms with van der Waals surface area (Å²) < 4.78 is 10.7. The van der Waals surface area contributed by atoms with Crippen LogP contribution in [0.5, 0.6) is 11.5 Å². The van der Waals surface area contributed by atoms with Gasteiger partial charge in [-0.3, -0.25) is 9.59 Å². The molecule has 2 aromatic rings. The average Bonchev–Trinajstić information content (AvgIpc) is 2.90. The van der Waals surface area contributed by atoms with Gasteiger partial charge in [-0.25, -0.2) is 5.01 Å². The molecule has 4 rings (SSSR count). The summed E-state index contributed by atoms with van der Waals surface area (Å²) in [5.74, 6) is 1.30. The van der Waals surface area contributed by atoms with Crippen molar-refractivity contribution in [3.63, 3.8) is 0 Å². The Hall–Kier alpha value is -3.39. The van der Waals surface area contributed by atoms with Gasteiger partial charge in [0.2, 0.25) is 11.8 Å². The van der Waals surface area contributed by atoms with Crippen LogP contribution in [0.4, 0.5) is 5.69 Å². The van der Waals surface area contributed by atoms with E-state index < -0.39 is 0 Å². The van der Waals surface area contributed by atoms with Crippen molar-refractivity contribution in [3.05, 3.63) is 53.6 Å². The number of benzene rings is 2. The first-order chi connectivity index (χ1) is 17.1. The van der Waals surface area contributed by atoms with Crippen molar-refractivity contribution in [1.29, 1.82) is 0 Å². The molecule has 0 aliphatic carbocycles. The molecule has 186 valence electrons. The van der Waals surface area contributed by atoms with Gasteiger partial charge >= 0.3 is 0 Å². The van der Waals surface area contributed by atoms with E-state index in [-0.39, 0.29) is 11.8 Å². The Morgan fingerprint density at radius 3 is 2.43 bits per heavy atom. The lowest BCUT2D eigenvalue weighted by molar-refractivity contribution is -0.132. The van der Waals surface area contributed by atoms with E-state index in [4.69, 9.17) is 9.47 Å². The van der Waals surface area contributed by atoms with Crippen LogP contribution >= 0.6 is 0 Å². The fourth-order valence-corrected chi connectivity index (χ4v) is 4.48. The maximum atomic E-state index is 12.5. The van der Waals surface area contributed by atoms with E-state index in [9.17, 15) is 9.59 Å². The van der Waals surface area contributed by atoms with E-state index in [2.05, 4.69) is 15.3 Å². The second kappa shape index (κ2) is 11.8. The number of hydrogen-bond donors (Lipinski definition) is 1. The highest BCUT2D eigenvalue weighted by molar-refractivity contribution is 6.04. The van der Waals surface area contributed by atoms with Crippen LogP contribution < -0.4 is 14.8 Å². The fourth-order valence-electron chi connectivity index (χ4n) is 4.48. The van der Waals surface area contributed by atoms with Crippen LogP contribution in [0.1, 0.15) is 49.7 Å². The Balaban J connectivity index is 1.35. The highest BCUT2D eigenvalue weighted by atomic mass is 16.5. The lowest BCUT2D eigenvalue weighted by Gasteiger charge is -2.26. The third-order valence-electron chi connectivity index (χ3n) is 6.50. The van der Waals surface area contributed by atoms with Crippen LogP contribution in [-0.2, 0) is 16.1 Å². The molecule has 1 N–H and O–H groups in total. The molecule has 1 fully saturated rings. The molecular formula is C27H34N4O4. The summed E-state index contributed by atoms with van der Waals surface area (Å²) >= 11 is 0. The van der Waals surface area contributed by atoms with Crippen LogP contribution in [0.25, 0.3) is 0 Å². The SMILES string of the molecule is COc1ccc(C2=NN(Cc3ccc(NC(=O)CCN4CCCCC4)cc3)C(=O)CC2)cc1OC. The zero-order valence-corrected chi connectivity index (χ0v) is 20.6. The largest absolute Gasteiger partial charge is 0.493 e. The summed E-state index contributed by atoms with van der Waals surface area (Å²) in [6, 6.07) is 13.3. The molecule has 2 aromatic carbocycles. The van der Waals surface area contributed by atoms with Crippen molar-refractivity contribution in [1.82, 2.24) is 9.91 Å². The number of carbonyl (C=O) groups is 2. The number of amides is 2. The third-order valence-corrected chi connectivity index (χ3v) is 6.50. The number of carbonyl (C=O) groups excluding carboxylic acids is 2. The summed E-state index contributed by atoms with van der Waals surface area (Å²) in [7, 11) is 3.20. The Kier molecular flexibility index (Phi) is 8.36. The first-order valence-electron chi connectivity index (χ1n) is 12.3. The molecule has 2 amide bonds. The molecule has 0 saturated carbocycles. The van der Waals surface area contributed by atoms with Crippen molar-refractivity contribution < 1.29 is 19.1 Å². The molecule has 0 radical (unpaired) electrons. The maximum Gasteiger partial charge on any atom is 0.243 e. The van der Waals surface area contributed by atoms with Crippen molar-refractivity contribution in [2.24, 2.45) is 5.10 Å². The molecular weight excluding hydrogens is 444 g/mol. The number of hydrogen-bond acceptors (Lipinski definition) is 6. The Morgan fingerprint density at radius 2 is 1.71 bits per heavy atom. The minimum atomic E-state index is -0.00989. The Morgan fingerprint density at radius 1 is 0.971 bits per heavy atom. The molecule has 0 bridgehead atoms. The monoisotopic (exact) mass is 478 g/mol. The van der Waals surface area contributed by atoms with Crippen LogP contribution in [0.2, 0.25) is 0 Å². The summed E-state index contributed by atoms with van der Waals surface area (Å²) in [5.41, 5.74) is 3.45. The van der Waals surface area contributed by atoms with Gasteiger partial charge in [-0.1, -0.05) is 18.6 Å². The first-order valence-corrected chi connectivity index (χ1v) is 12.3. The predicted octanol–water partition coefficient (Wildman–Crippen LogP) is 4.05. The Bertz CT molecular complexity index is 1060. The van der Waals surface area contributed by atoms with Crippen LogP contribution in [0.15, 0.2) is 47.6 Å². The molecule has 1 saturated heterocycles. The molecule has 2 aliphatic rings. The zero-order valence-electron chi connectivity index (χ0n) is 20.6. The number of likely N-dealkylation sites (tertiary alicyclic amines) is 1. The molecule has 0 aromatic heterocycles. The van der Waals surface area contributed by atoms with Gasteiger partial charge in [-0.2, -0.15) is 5.10 Å². The van der Waals surface area contributed by atoms with Gasteiger partial charge in [-0.15, -0.1) is 0 Å². The van der Waals surface area contributed by atoms with Gasteiger partial charge in [0.1, 0.15) is 0 Å². The minimum Gasteiger partial charge on any atom is -0.493 e. The van der Waals surface area contributed by atoms with E-state index in [1.54, 1.807) is 14.2 Å². The molecule has 8 heteroatoms. The standard InChI is InChI=1S/C27H34N4O4/c1-34-24-12-8-21(18-25(24)35-2)23-11-13-27(33)31(29-23)19-20-6-9-22(10-7-20)28-26(32)14-17-30-15-4-3-5-16-30/h6-10,12,18H,3-5,11,13-17,19H2,1-2H3,(H,28,32). The summed E-state index contributed by atoms with van der Waals surface area (Å²) in [5, 5.41) is 9.12. The van der Waals surface area contributed by atoms with Crippen LogP contribution in [0, 0.1) is 0 Å². The second-order valence-corrected chi connectivity index (χ2v) is 8.97. The van der Waals surface area contributed by atoms with E-state index >= 15 is 0 Å². The fraction of sp³-hybridized carbons (Fsp3) is 0.444. The van der Waals surface area contributed by atoms with E-state index in [1.165, 1.54) is 24.3 Å². The highest BCUT2D eigenvalue weighted by Crippen LogP contribution is 2.29. The first kappa shape index (κ1) is 24.7. The summed E-state index contributed by atoms with van der Waals surface area (Å²) in [4.78, 5) is 27.2. The lowest BCUT2D eigenvalue weighted by Crippen LogP contribution is -2.32. The molecule has 0 unspecified atom stereocenters. The predicted molar refractivity (Wildman–Crippen MR) is 136 cm³/mol. The maximum absolute atomic E-state index is 12.5. The molecule has 0 atom stereocenters. The van der Waals surface area contributed by atoms with Gasteiger partial charge < -0.3 is 19.7 Å². The number of methoxy groups -OCH3 is 2. The van der Waals surface area contributed by atoms with E-state index in [0.717, 1.165) is 42.2 Å². The number of ether oxygens (including phenoxy) is 2. The van der Waals surface area contributed by atoms with Gasteiger partial charge in [-0.05, 0) is 61.8 Å². The van der Waals surface area contributed by atoms with Crippen molar-refractivity contribution >= 4 is 23.2 Å². The summed E-state index contributed by atoms with van der Waals surface area (Å²) in [6.45, 7) is 3.36. The smallest absolute Gasteiger partial charge is 0.243 e. The molecule has 8 nitrogen and oxygen atoms in total. The van der Waals surface area contributed by atoms with Crippen molar-refractivity contribution in [2.45, 2.75) is 45.1 Å². The molecule has 2 aliphatic heterocycles. The number of rotatable bonds is 9. The van der Waals surface area contributed by atoms with Gasteiger partial charge in [0.05, 0.1) is 26.5 Å². The number of hydrazone groups is 1. The lowest BCUT2D eigenvalue weighted by atomic mass is 10.0. The van der Waals surface area contributed by atoms with Crippen LogP contribution in [0.3, 0.4) is 0 Å². The number of piperidine rings is 1. The zero-order chi connectivity index (χ0) is 24.6. The Labute approximate surface area is 206 Å². The van der Waals surface area contributed by atoms with E-state index in [1.807, 2.05) is 42.5 Å². The molecule has 35 heavy (non-hydrogen) atoms. The quantitative estimate of drug-likeness (QED) is 0.588. The van der Waals surface area contributed by atoms with Gasteiger partial charge in [0, 0.05) is 37.1 Å². The van der Waals surface area contributed by atoms with E-state index in [0.29, 0.717) is 37.3 Å². The number of nitrogens with zero attached hydrogens (tertiary/aromatic N) is 3.